The molecule has 1 aliphatic heterocycles. The monoisotopic (exact) mass is 953 g/mol. The maximum absolute atomic E-state index is 6.10. The number of rotatable bonds is 33. The minimum atomic E-state index is -2.05. The fraction of sp³-hybridized carbons (Fsp3) is 0.385. The van der Waals surface area contributed by atoms with Gasteiger partial charge in [-0.05, 0) is 122 Å². The van der Waals surface area contributed by atoms with E-state index in [0.717, 1.165) is 63.6 Å². The highest BCUT2D eigenvalue weighted by molar-refractivity contribution is 7.04. The van der Waals surface area contributed by atoms with Gasteiger partial charge in [0.2, 0.25) is 0 Å². The van der Waals surface area contributed by atoms with Gasteiger partial charge in [-0.3, -0.25) is 0 Å². The number of benzene rings is 6. The van der Waals surface area contributed by atoms with Crippen molar-refractivity contribution in [2.45, 2.75) is 135 Å². The second kappa shape index (κ2) is 28.2. The molecule has 0 radical (unpaired) electrons. The Labute approximate surface area is 423 Å². The summed E-state index contributed by atoms with van der Waals surface area (Å²) < 4.78 is 22.6. The van der Waals surface area contributed by atoms with Crippen molar-refractivity contribution in [3.8, 4) is 67.1 Å². The van der Waals surface area contributed by atoms with Crippen LogP contribution in [0.1, 0.15) is 122 Å². The highest BCUT2D eigenvalue weighted by Crippen LogP contribution is 2.37. The van der Waals surface area contributed by atoms with Gasteiger partial charge in [0.05, 0.1) is 39.0 Å². The molecule has 1 aliphatic rings. The lowest BCUT2D eigenvalue weighted by molar-refractivity contribution is 0.241. The Morgan fingerprint density at radius 3 is 1.03 bits per heavy atom. The summed E-state index contributed by atoms with van der Waals surface area (Å²) in [5.41, 5.74) is 12.9. The molecule has 4 nitrogen and oxygen atoms in total. The standard InChI is InChI=1S/C65H80O4Si/c1-5-8-9-10-19-24-49-70(4)64-50-58(56-29-25-52(26-30-56)54-33-39-60(40-34-54)68-47-22-17-13-11-15-20-45-66-6-2)37-43-62(64)63-44-38-59(51-65(63)70)57-31-27-53(28-32-57)55-35-41-61(42-36-55)69-48-23-18-14-12-16-21-46-67-7-3/h6-7,25-44,50-51H,2-3,5,8-24,45-49H2,1,4H3. The predicted molar refractivity (Wildman–Crippen MR) is 301 cm³/mol. The average molecular weight is 953 g/mol. The molecule has 0 amide bonds. The van der Waals surface area contributed by atoms with Crippen LogP contribution in [0.3, 0.4) is 0 Å². The summed E-state index contributed by atoms with van der Waals surface area (Å²) in [7, 11) is -2.05. The summed E-state index contributed by atoms with van der Waals surface area (Å²) in [6, 6.07) is 51.5. The number of hydrogen-bond acceptors (Lipinski definition) is 4. The van der Waals surface area contributed by atoms with Crippen molar-refractivity contribution in [3.05, 3.63) is 159 Å². The molecule has 7 rings (SSSR count). The first-order valence-electron chi connectivity index (χ1n) is 26.9. The molecule has 0 N–H and O–H groups in total. The first-order chi connectivity index (χ1) is 34.5. The molecule has 6 aromatic rings. The van der Waals surface area contributed by atoms with Gasteiger partial charge in [0, 0.05) is 0 Å². The summed E-state index contributed by atoms with van der Waals surface area (Å²) in [4.78, 5) is 0. The Hall–Kier alpha value is -5.78. The molecule has 0 saturated heterocycles. The van der Waals surface area contributed by atoms with Gasteiger partial charge in [-0.1, -0.05) is 226 Å². The summed E-state index contributed by atoms with van der Waals surface area (Å²) in [5.74, 6) is 1.89. The minimum absolute atomic E-state index is 0.763. The van der Waals surface area contributed by atoms with E-state index in [9.17, 15) is 0 Å². The zero-order chi connectivity index (χ0) is 48.6. The molecule has 0 aliphatic carbocycles. The zero-order valence-corrected chi connectivity index (χ0v) is 43.7. The van der Waals surface area contributed by atoms with E-state index in [2.05, 4.69) is 160 Å². The van der Waals surface area contributed by atoms with Crippen LogP contribution in [0.5, 0.6) is 11.5 Å². The van der Waals surface area contributed by atoms with Crippen LogP contribution in [-0.4, -0.2) is 34.5 Å². The molecule has 0 bridgehead atoms. The average Bonchev–Trinajstić information content (AvgIpc) is 3.65. The topological polar surface area (TPSA) is 36.9 Å². The Bertz CT molecular complexity index is 2310. The number of hydrogen-bond donors (Lipinski definition) is 0. The lowest BCUT2D eigenvalue weighted by Crippen LogP contribution is -2.52. The fourth-order valence-corrected chi connectivity index (χ4v) is 14.6. The normalized spacial score (nSPS) is 12.3. The summed E-state index contributed by atoms with van der Waals surface area (Å²) in [6.45, 7) is 15.3. The molecule has 0 fully saturated rings. The van der Waals surface area contributed by atoms with Gasteiger partial charge in [-0.15, -0.1) is 0 Å². The van der Waals surface area contributed by atoms with Crippen molar-refractivity contribution in [1.29, 1.82) is 0 Å². The van der Waals surface area contributed by atoms with Crippen LogP contribution in [0.15, 0.2) is 159 Å². The Morgan fingerprint density at radius 1 is 0.357 bits per heavy atom. The van der Waals surface area contributed by atoms with Crippen LogP contribution < -0.4 is 19.8 Å². The third-order valence-corrected chi connectivity index (χ3v) is 19.0. The Balaban J connectivity index is 0.973. The molecule has 0 atom stereocenters. The molecular weight excluding hydrogens is 873 g/mol. The van der Waals surface area contributed by atoms with Gasteiger partial charge < -0.3 is 18.9 Å². The maximum Gasteiger partial charge on any atom is 0.119 e. The second-order valence-corrected chi connectivity index (χ2v) is 23.8. The van der Waals surface area contributed by atoms with Crippen molar-refractivity contribution in [2.24, 2.45) is 0 Å². The van der Waals surface area contributed by atoms with E-state index in [1.165, 1.54) is 164 Å². The van der Waals surface area contributed by atoms with Crippen LogP contribution in [0.4, 0.5) is 0 Å². The number of fused-ring (bicyclic) bond motifs is 3. The molecule has 0 saturated carbocycles. The van der Waals surface area contributed by atoms with Crippen LogP contribution in [-0.2, 0) is 9.47 Å². The molecule has 1 heterocycles. The quantitative estimate of drug-likeness (QED) is 0.0234. The van der Waals surface area contributed by atoms with Crippen LogP contribution >= 0.6 is 0 Å². The summed E-state index contributed by atoms with van der Waals surface area (Å²) >= 11 is 0. The van der Waals surface area contributed by atoms with Gasteiger partial charge in [0.15, 0.2) is 0 Å². The molecule has 368 valence electrons. The smallest absolute Gasteiger partial charge is 0.119 e. The van der Waals surface area contributed by atoms with E-state index in [-0.39, 0.29) is 0 Å². The highest BCUT2D eigenvalue weighted by atomic mass is 28.3. The van der Waals surface area contributed by atoms with Crippen molar-refractivity contribution in [1.82, 2.24) is 0 Å². The Kier molecular flexibility index (Phi) is 20.9. The second-order valence-electron chi connectivity index (χ2n) is 19.6. The van der Waals surface area contributed by atoms with Crippen LogP contribution in [0.25, 0.3) is 55.6 Å². The molecule has 5 heteroatoms. The van der Waals surface area contributed by atoms with Gasteiger partial charge in [-0.25, -0.2) is 0 Å². The van der Waals surface area contributed by atoms with Gasteiger partial charge in [0.25, 0.3) is 0 Å². The maximum atomic E-state index is 6.10. The largest absolute Gasteiger partial charge is 0.502 e. The molecular formula is C65H80O4Si. The van der Waals surface area contributed by atoms with Crippen molar-refractivity contribution >= 4 is 18.4 Å². The first-order valence-corrected chi connectivity index (χ1v) is 29.6. The summed E-state index contributed by atoms with van der Waals surface area (Å²) in [6.07, 6.45) is 25.2. The van der Waals surface area contributed by atoms with Gasteiger partial charge in [-0.2, -0.15) is 0 Å². The third kappa shape index (κ3) is 14.9. The minimum Gasteiger partial charge on any atom is -0.502 e. The van der Waals surface area contributed by atoms with Crippen molar-refractivity contribution in [3.63, 3.8) is 0 Å². The molecule has 6 aromatic carbocycles. The van der Waals surface area contributed by atoms with Crippen molar-refractivity contribution < 1.29 is 18.9 Å². The van der Waals surface area contributed by atoms with E-state index in [1.54, 1.807) is 10.4 Å². The van der Waals surface area contributed by atoms with E-state index < -0.39 is 8.07 Å². The highest BCUT2D eigenvalue weighted by Gasteiger charge is 2.41. The van der Waals surface area contributed by atoms with Crippen molar-refractivity contribution in [2.75, 3.05) is 26.4 Å². The molecule has 0 unspecified atom stereocenters. The SMILES string of the molecule is C=COCCCCCCCCOc1ccc(-c2ccc(-c3ccc4c(c3)[Si](C)(CCCCCCCC)c3cc(-c5ccc(-c6ccc(OCCCCCCCCOC=C)cc6)cc5)ccc3-4)cc2)cc1. The van der Waals surface area contributed by atoms with Gasteiger partial charge >= 0.3 is 0 Å². The summed E-state index contributed by atoms with van der Waals surface area (Å²) in [5, 5.41) is 3.20. The Morgan fingerprint density at radius 2 is 0.657 bits per heavy atom. The molecule has 0 spiro atoms. The van der Waals surface area contributed by atoms with E-state index in [4.69, 9.17) is 18.9 Å². The molecule has 70 heavy (non-hydrogen) atoms. The predicted octanol–water partition coefficient (Wildman–Crippen LogP) is 17.6. The zero-order valence-electron chi connectivity index (χ0n) is 42.7. The molecule has 0 aromatic heterocycles. The van der Waals surface area contributed by atoms with Gasteiger partial charge in [0.1, 0.15) is 19.6 Å². The first kappa shape index (κ1) is 52.1. The van der Waals surface area contributed by atoms with Crippen LogP contribution in [0, 0.1) is 0 Å². The van der Waals surface area contributed by atoms with E-state index >= 15 is 0 Å². The number of unbranched alkanes of at least 4 members (excludes halogenated alkanes) is 15. The lowest BCUT2D eigenvalue weighted by atomic mass is 9.96. The lowest BCUT2D eigenvalue weighted by Gasteiger charge is -2.26. The van der Waals surface area contributed by atoms with E-state index in [1.807, 2.05) is 0 Å². The number of ether oxygens (including phenoxy) is 4. The van der Waals surface area contributed by atoms with Crippen LogP contribution in [0.2, 0.25) is 12.6 Å². The van der Waals surface area contributed by atoms with E-state index in [0.29, 0.717) is 0 Å². The fourth-order valence-electron chi connectivity index (χ4n) is 10.2. The third-order valence-electron chi connectivity index (χ3n) is 14.4.